The zero-order valence-electron chi connectivity index (χ0n) is 10.5. The number of hydrogen-bond acceptors (Lipinski definition) is 0. The Kier molecular flexibility index (Phi) is 6.79. The Morgan fingerprint density at radius 3 is 1.94 bits per heavy atom. The van der Waals surface area contributed by atoms with Crippen molar-refractivity contribution in [1.82, 2.24) is 0 Å². The number of rotatable bonds is 7. The van der Waals surface area contributed by atoms with Crippen molar-refractivity contribution < 1.29 is 0 Å². The second kappa shape index (κ2) is 7.89. The van der Waals surface area contributed by atoms with Gasteiger partial charge in [0, 0.05) is 4.83 Å². The van der Waals surface area contributed by atoms with Gasteiger partial charge in [-0.05, 0) is 36.8 Å². The molecule has 1 unspecified atom stereocenters. The molecule has 0 radical (unpaired) electrons. The van der Waals surface area contributed by atoms with Crippen LogP contribution in [0, 0.1) is 0 Å². The van der Waals surface area contributed by atoms with Crippen LogP contribution in [0.4, 0.5) is 0 Å². The normalized spacial score (nSPS) is 12.7. The third kappa shape index (κ3) is 5.16. The highest BCUT2D eigenvalue weighted by Gasteiger charge is 2.03. The molecule has 0 fully saturated rings. The number of alkyl halides is 1. The molecule has 0 spiro atoms. The first-order valence-electron chi connectivity index (χ1n) is 6.48. The summed E-state index contributed by atoms with van der Waals surface area (Å²) in [5.74, 6) is 0. The summed E-state index contributed by atoms with van der Waals surface area (Å²) in [5.41, 5.74) is 2.94. The zero-order valence-corrected chi connectivity index (χ0v) is 12.1. The summed E-state index contributed by atoms with van der Waals surface area (Å²) in [6, 6.07) is 9.14. The van der Waals surface area contributed by atoms with E-state index in [4.69, 9.17) is 0 Å². The monoisotopic (exact) mass is 282 g/mol. The molecule has 1 rings (SSSR count). The summed E-state index contributed by atoms with van der Waals surface area (Å²) in [6.07, 6.45) is 7.44. The fraction of sp³-hybridized carbons (Fsp3) is 0.600. The summed E-state index contributed by atoms with van der Waals surface area (Å²) in [6.45, 7) is 4.47. The molecule has 16 heavy (non-hydrogen) atoms. The average molecular weight is 283 g/mol. The van der Waals surface area contributed by atoms with Gasteiger partial charge in [0.25, 0.3) is 0 Å². The van der Waals surface area contributed by atoms with Crippen LogP contribution in [0.25, 0.3) is 0 Å². The number of hydrogen-bond donors (Lipinski definition) is 0. The maximum Gasteiger partial charge on any atom is 0.0148 e. The Hall–Kier alpha value is -0.300. The van der Waals surface area contributed by atoms with Crippen LogP contribution in [0.3, 0.4) is 0 Å². The van der Waals surface area contributed by atoms with Crippen LogP contribution in [0.15, 0.2) is 24.3 Å². The molecule has 1 heteroatoms. The third-order valence-corrected chi connectivity index (χ3v) is 3.83. The summed E-state index contributed by atoms with van der Waals surface area (Å²) >= 11 is 3.73. The molecule has 0 aliphatic rings. The third-order valence-electron chi connectivity index (χ3n) is 2.91. The topological polar surface area (TPSA) is 0 Å². The lowest BCUT2D eigenvalue weighted by Crippen LogP contribution is -1.99. The molecule has 1 atom stereocenters. The average Bonchev–Trinajstić information content (AvgIpc) is 2.29. The van der Waals surface area contributed by atoms with E-state index >= 15 is 0 Å². The number of halogens is 1. The van der Waals surface area contributed by atoms with Crippen LogP contribution < -0.4 is 0 Å². The first-order chi connectivity index (χ1) is 7.76. The van der Waals surface area contributed by atoms with E-state index in [1.807, 2.05) is 0 Å². The van der Waals surface area contributed by atoms with E-state index in [1.165, 1.54) is 49.7 Å². The Bertz CT molecular complexity index is 276. The summed E-state index contributed by atoms with van der Waals surface area (Å²) in [5, 5.41) is 0. The SMILES string of the molecule is CCCc1ccc(CCC(Br)CCC)cc1. The van der Waals surface area contributed by atoms with Crippen molar-refractivity contribution in [3.63, 3.8) is 0 Å². The molecule has 0 nitrogen and oxygen atoms in total. The van der Waals surface area contributed by atoms with E-state index < -0.39 is 0 Å². The highest BCUT2D eigenvalue weighted by atomic mass is 79.9. The highest BCUT2D eigenvalue weighted by Crippen LogP contribution is 2.16. The standard InChI is InChI=1S/C15H23Br/c1-3-5-13-7-9-14(10-8-13)11-12-15(16)6-4-2/h7-10,15H,3-6,11-12H2,1-2H3. The first kappa shape index (κ1) is 13.8. The Balaban J connectivity index is 2.37. The van der Waals surface area contributed by atoms with E-state index in [2.05, 4.69) is 54.0 Å². The van der Waals surface area contributed by atoms with E-state index in [-0.39, 0.29) is 0 Å². The van der Waals surface area contributed by atoms with E-state index in [1.54, 1.807) is 0 Å². The van der Waals surface area contributed by atoms with Crippen molar-refractivity contribution in [2.75, 3.05) is 0 Å². The molecule has 0 aromatic heterocycles. The van der Waals surface area contributed by atoms with Crippen molar-refractivity contribution >= 4 is 15.9 Å². The van der Waals surface area contributed by atoms with Gasteiger partial charge in [0.15, 0.2) is 0 Å². The molecule has 0 saturated carbocycles. The quantitative estimate of drug-likeness (QED) is 0.608. The van der Waals surface area contributed by atoms with Crippen molar-refractivity contribution in [3.8, 4) is 0 Å². The molecule has 0 heterocycles. The molecule has 0 bridgehead atoms. The minimum absolute atomic E-state index is 0.688. The predicted octanol–water partition coefficient (Wildman–Crippen LogP) is 5.14. The summed E-state index contributed by atoms with van der Waals surface area (Å²) < 4.78 is 0. The molecule has 1 aromatic carbocycles. The fourth-order valence-electron chi connectivity index (χ4n) is 1.94. The molecule has 0 amide bonds. The van der Waals surface area contributed by atoms with Gasteiger partial charge >= 0.3 is 0 Å². The van der Waals surface area contributed by atoms with Gasteiger partial charge in [-0.1, -0.05) is 66.9 Å². The molecule has 1 aromatic rings. The highest BCUT2D eigenvalue weighted by molar-refractivity contribution is 9.09. The summed E-state index contributed by atoms with van der Waals surface area (Å²) in [4.78, 5) is 0.688. The molecular formula is C15H23Br. The largest absolute Gasteiger partial charge is 0.0891 e. The van der Waals surface area contributed by atoms with E-state index in [0.29, 0.717) is 4.83 Å². The van der Waals surface area contributed by atoms with Gasteiger partial charge in [0.2, 0.25) is 0 Å². The lowest BCUT2D eigenvalue weighted by atomic mass is 10.0. The Morgan fingerprint density at radius 1 is 0.875 bits per heavy atom. The van der Waals surface area contributed by atoms with Gasteiger partial charge in [0.1, 0.15) is 0 Å². The van der Waals surface area contributed by atoms with Gasteiger partial charge in [-0.2, -0.15) is 0 Å². The second-order valence-corrected chi connectivity index (χ2v) is 5.79. The first-order valence-corrected chi connectivity index (χ1v) is 7.39. The maximum absolute atomic E-state index is 3.73. The Morgan fingerprint density at radius 2 is 1.44 bits per heavy atom. The van der Waals surface area contributed by atoms with Crippen molar-refractivity contribution in [2.45, 2.75) is 57.2 Å². The van der Waals surface area contributed by atoms with Crippen LogP contribution in [-0.2, 0) is 12.8 Å². The van der Waals surface area contributed by atoms with Gasteiger partial charge < -0.3 is 0 Å². The van der Waals surface area contributed by atoms with Crippen LogP contribution in [0.5, 0.6) is 0 Å². The molecule has 0 aliphatic carbocycles. The molecular weight excluding hydrogens is 260 g/mol. The smallest absolute Gasteiger partial charge is 0.0148 e. The molecule has 90 valence electrons. The van der Waals surface area contributed by atoms with Crippen LogP contribution in [-0.4, -0.2) is 4.83 Å². The van der Waals surface area contributed by atoms with Gasteiger partial charge in [-0.15, -0.1) is 0 Å². The van der Waals surface area contributed by atoms with Crippen LogP contribution in [0.2, 0.25) is 0 Å². The second-order valence-electron chi connectivity index (χ2n) is 4.49. The van der Waals surface area contributed by atoms with Gasteiger partial charge in [-0.25, -0.2) is 0 Å². The molecule has 0 saturated heterocycles. The minimum Gasteiger partial charge on any atom is -0.0891 e. The maximum atomic E-state index is 3.73. The van der Waals surface area contributed by atoms with Crippen LogP contribution >= 0.6 is 15.9 Å². The van der Waals surface area contributed by atoms with Gasteiger partial charge in [-0.3, -0.25) is 0 Å². The van der Waals surface area contributed by atoms with E-state index in [0.717, 1.165) is 0 Å². The fourth-order valence-corrected chi connectivity index (χ4v) is 2.63. The summed E-state index contributed by atoms with van der Waals surface area (Å²) in [7, 11) is 0. The van der Waals surface area contributed by atoms with Crippen molar-refractivity contribution in [2.24, 2.45) is 0 Å². The van der Waals surface area contributed by atoms with Gasteiger partial charge in [0.05, 0.1) is 0 Å². The molecule has 0 aliphatic heterocycles. The van der Waals surface area contributed by atoms with Crippen molar-refractivity contribution in [1.29, 1.82) is 0 Å². The predicted molar refractivity (Wildman–Crippen MR) is 76.4 cm³/mol. The lowest BCUT2D eigenvalue weighted by Gasteiger charge is -2.08. The van der Waals surface area contributed by atoms with Crippen LogP contribution in [0.1, 0.15) is 50.7 Å². The zero-order chi connectivity index (χ0) is 11.8. The number of benzene rings is 1. The van der Waals surface area contributed by atoms with Crippen molar-refractivity contribution in [3.05, 3.63) is 35.4 Å². The molecule has 0 N–H and O–H groups in total. The van der Waals surface area contributed by atoms with E-state index in [9.17, 15) is 0 Å². The number of aryl methyl sites for hydroxylation is 2. The Labute approximate surface area is 109 Å². The lowest BCUT2D eigenvalue weighted by molar-refractivity contribution is 0.693. The minimum atomic E-state index is 0.688.